The number of carbonyl (C=O) groups is 1. The molecular formula is C18H28N2O3. The molecule has 0 unspecified atom stereocenters. The van der Waals surface area contributed by atoms with E-state index in [1.54, 1.807) is 12.1 Å². The summed E-state index contributed by atoms with van der Waals surface area (Å²) in [4.78, 5) is 11.8. The van der Waals surface area contributed by atoms with E-state index in [0.717, 1.165) is 18.5 Å². The zero-order chi connectivity index (χ0) is 17.2. The highest BCUT2D eigenvalue weighted by molar-refractivity contribution is 5.95. The van der Waals surface area contributed by atoms with E-state index < -0.39 is 5.97 Å². The van der Waals surface area contributed by atoms with E-state index >= 15 is 0 Å². The lowest BCUT2D eigenvalue weighted by Gasteiger charge is -2.39. The summed E-state index contributed by atoms with van der Waals surface area (Å²) in [5.74, 6) is 0.693. The summed E-state index contributed by atoms with van der Waals surface area (Å²) in [5, 5.41) is 3.54. The molecular weight excluding hydrogens is 292 g/mol. The number of methoxy groups -OCH3 is 2. The zero-order valence-electron chi connectivity index (χ0n) is 14.7. The van der Waals surface area contributed by atoms with Gasteiger partial charge in [-0.2, -0.15) is 0 Å². The summed E-state index contributed by atoms with van der Waals surface area (Å²) < 4.78 is 10.1. The lowest BCUT2D eigenvalue weighted by molar-refractivity contribution is 0.0597. The first-order valence-corrected chi connectivity index (χ1v) is 8.08. The maximum atomic E-state index is 11.8. The van der Waals surface area contributed by atoms with Gasteiger partial charge in [0.05, 0.1) is 25.6 Å². The van der Waals surface area contributed by atoms with Crippen LogP contribution < -0.4 is 15.8 Å². The molecule has 0 spiro atoms. The number of hydrogen-bond donors (Lipinski definition) is 2. The van der Waals surface area contributed by atoms with E-state index in [1.807, 2.05) is 0 Å². The van der Waals surface area contributed by atoms with Crippen molar-refractivity contribution in [2.45, 2.75) is 46.1 Å². The van der Waals surface area contributed by atoms with Gasteiger partial charge in [-0.15, -0.1) is 0 Å². The number of ether oxygens (including phenoxy) is 2. The fraction of sp³-hybridized carbons (Fsp3) is 0.611. The van der Waals surface area contributed by atoms with Crippen molar-refractivity contribution in [1.29, 1.82) is 0 Å². The van der Waals surface area contributed by atoms with Gasteiger partial charge in [-0.1, -0.05) is 20.8 Å². The van der Waals surface area contributed by atoms with Gasteiger partial charge in [0.1, 0.15) is 11.3 Å². The van der Waals surface area contributed by atoms with Crippen molar-refractivity contribution in [3.8, 4) is 5.75 Å². The van der Waals surface area contributed by atoms with E-state index in [1.165, 1.54) is 20.6 Å². The van der Waals surface area contributed by atoms with Crippen LogP contribution in [-0.2, 0) is 4.74 Å². The van der Waals surface area contributed by atoms with Crippen molar-refractivity contribution < 1.29 is 14.3 Å². The Morgan fingerprint density at radius 3 is 2.57 bits per heavy atom. The number of nitrogens with two attached hydrogens (primary N) is 1. The van der Waals surface area contributed by atoms with Crippen LogP contribution in [0.3, 0.4) is 0 Å². The van der Waals surface area contributed by atoms with E-state index in [2.05, 4.69) is 26.1 Å². The Morgan fingerprint density at radius 1 is 1.30 bits per heavy atom. The Balaban J connectivity index is 2.25. The zero-order valence-corrected chi connectivity index (χ0v) is 14.7. The van der Waals surface area contributed by atoms with Gasteiger partial charge >= 0.3 is 5.97 Å². The molecule has 2 atom stereocenters. The molecule has 1 saturated carbocycles. The van der Waals surface area contributed by atoms with Crippen LogP contribution in [0.2, 0.25) is 0 Å². The molecule has 0 saturated heterocycles. The fourth-order valence-corrected chi connectivity index (χ4v) is 3.84. The summed E-state index contributed by atoms with van der Waals surface area (Å²) in [6.45, 7) is 6.91. The molecule has 0 amide bonds. The average Bonchev–Trinajstić information content (AvgIpc) is 2.46. The Kier molecular flexibility index (Phi) is 5.07. The molecule has 1 fully saturated rings. The minimum absolute atomic E-state index is 0.320. The topological polar surface area (TPSA) is 73.6 Å². The van der Waals surface area contributed by atoms with Crippen molar-refractivity contribution in [3.63, 3.8) is 0 Å². The SMILES string of the molecule is COC(=O)c1cc(N)c(N[C@H]2C[C@@H](C)CC(C)(C)C2)cc1OC. The van der Waals surface area contributed by atoms with Gasteiger partial charge in [-0.25, -0.2) is 4.79 Å². The highest BCUT2D eigenvalue weighted by Gasteiger charge is 2.32. The molecule has 128 valence electrons. The maximum absolute atomic E-state index is 11.8. The molecule has 0 radical (unpaired) electrons. The van der Waals surface area contributed by atoms with Crippen LogP contribution in [-0.4, -0.2) is 26.2 Å². The molecule has 0 heterocycles. The second-order valence-electron chi connectivity index (χ2n) is 7.39. The fourth-order valence-electron chi connectivity index (χ4n) is 3.84. The summed E-state index contributed by atoms with van der Waals surface area (Å²) in [7, 11) is 2.88. The normalized spacial score (nSPS) is 23.2. The number of carbonyl (C=O) groups excluding carboxylic acids is 1. The number of nitrogens with one attached hydrogen (secondary N) is 1. The average molecular weight is 320 g/mol. The molecule has 5 nitrogen and oxygen atoms in total. The largest absolute Gasteiger partial charge is 0.496 e. The first-order valence-electron chi connectivity index (χ1n) is 8.08. The Hall–Kier alpha value is -1.91. The number of esters is 1. The van der Waals surface area contributed by atoms with Crippen molar-refractivity contribution in [2.24, 2.45) is 11.3 Å². The molecule has 1 aliphatic carbocycles. The highest BCUT2D eigenvalue weighted by atomic mass is 16.5. The highest BCUT2D eigenvalue weighted by Crippen LogP contribution is 2.40. The van der Waals surface area contributed by atoms with E-state index in [0.29, 0.717) is 34.4 Å². The van der Waals surface area contributed by atoms with E-state index in [-0.39, 0.29) is 0 Å². The molecule has 0 bridgehead atoms. The molecule has 2 rings (SSSR count). The molecule has 1 aliphatic rings. The van der Waals surface area contributed by atoms with Crippen LogP contribution in [0, 0.1) is 11.3 Å². The summed E-state index contributed by atoms with van der Waals surface area (Å²) >= 11 is 0. The number of hydrogen-bond acceptors (Lipinski definition) is 5. The third kappa shape index (κ3) is 4.09. The monoisotopic (exact) mass is 320 g/mol. The van der Waals surface area contributed by atoms with Gasteiger partial charge in [0.2, 0.25) is 0 Å². The van der Waals surface area contributed by atoms with Gasteiger partial charge in [0.15, 0.2) is 0 Å². The van der Waals surface area contributed by atoms with Gasteiger partial charge in [-0.05, 0) is 36.7 Å². The van der Waals surface area contributed by atoms with E-state index in [4.69, 9.17) is 15.2 Å². The second kappa shape index (κ2) is 6.69. The second-order valence-corrected chi connectivity index (χ2v) is 7.39. The van der Waals surface area contributed by atoms with Crippen LogP contribution in [0.15, 0.2) is 12.1 Å². The minimum Gasteiger partial charge on any atom is -0.496 e. The maximum Gasteiger partial charge on any atom is 0.341 e. The van der Waals surface area contributed by atoms with Crippen molar-refractivity contribution in [3.05, 3.63) is 17.7 Å². The summed E-state index contributed by atoms with van der Waals surface area (Å²) in [6.07, 6.45) is 3.45. The molecule has 5 heteroatoms. The van der Waals surface area contributed by atoms with Crippen LogP contribution in [0.5, 0.6) is 5.75 Å². The first kappa shape index (κ1) is 17.4. The molecule has 1 aromatic rings. The first-order chi connectivity index (χ1) is 10.8. The Bertz CT molecular complexity index is 584. The van der Waals surface area contributed by atoms with Gasteiger partial charge in [-0.3, -0.25) is 0 Å². The predicted octanol–water partition coefficient (Wildman–Crippen LogP) is 3.69. The van der Waals surface area contributed by atoms with Crippen LogP contribution in [0.25, 0.3) is 0 Å². The number of nitrogen functional groups attached to an aromatic ring is 1. The van der Waals surface area contributed by atoms with Crippen LogP contribution >= 0.6 is 0 Å². The lowest BCUT2D eigenvalue weighted by Crippen LogP contribution is -2.35. The van der Waals surface area contributed by atoms with Crippen LogP contribution in [0.1, 0.15) is 50.4 Å². The Labute approximate surface area is 138 Å². The van der Waals surface area contributed by atoms with Crippen molar-refractivity contribution >= 4 is 17.3 Å². The molecule has 0 aromatic heterocycles. The molecule has 23 heavy (non-hydrogen) atoms. The molecule has 1 aromatic carbocycles. The number of rotatable bonds is 4. The van der Waals surface area contributed by atoms with Crippen LogP contribution in [0.4, 0.5) is 11.4 Å². The smallest absolute Gasteiger partial charge is 0.341 e. The Morgan fingerprint density at radius 2 is 2.00 bits per heavy atom. The summed E-state index contributed by atoms with van der Waals surface area (Å²) in [6, 6.07) is 3.77. The molecule has 0 aliphatic heterocycles. The third-order valence-corrected chi connectivity index (χ3v) is 4.52. The third-order valence-electron chi connectivity index (χ3n) is 4.52. The molecule has 3 N–H and O–H groups in total. The van der Waals surface area contributed by atoms with Crippen molar-refractivity contribution in [1.82, 2.24) is 0 Å². The van der Waals surface area contributed by atoms with Crippen molar-refractivity contribution in [2.75, 3.05) is 25.3 Å². The predicted molar refractivity (Wildman–Crippen MR) is 93.0 cm³/mol. The van der Waals surface area contributed by atoms with Gasteiger partial charge < -0.3 is 20.5 Å². The number of anilines is 2. The summed E-state index contributed by atoms with van der Waals surface area (Å²) in [5.41, 5.74) is 8.13. The standard InChI is InChI=1S/C18H28N2O3/c1-11-6-12(10-18(2,3)9-11)20-15-8-16(22-4)13(7-14(15)19)17(21)23-5/h7-8,11-12,20H,6,9-10,19H2,1-5H3/t11-,12+/m1/s1. The van der Waals surface area contributed by atoms with Gasteiger partial charge in [0.25, 0.3) is 0 Å². The quantitative estimate of drug-likeness (QED) is 0.654. The number of benzene rings is 1. The minimum atomic E-state index is -0.451. The van der Waals surface area contributed by atoms with Gasteiger partial charge in [0, 0.05) is 12.1 Å². The van der Waals surface area contributed by atoms with E-state index in [9.17, 15) is 4.79 Å². The lowest BCUT2D eigenvalue weighted by atomic mass is 9.70.